The number of aliphatic hydroxyl groups is 2. The van der Waals surface area contributed by atoms with Gasteiger partial charge in [-0.2, -0.15) is 0 Å². The molecule has 0 spiro atoms. The molecule has 248 valence electrons. The average molecular weight is 597 g/mol. The van der Waals surface area contributed by atoms with Crippen LogP contribution in [0.15, 0.2) is 24.3 Å². The van der Waals surface area contributed by atoms with Gasteiger partial charge in [-0.25, -0.2) is 0 Å². The molecule has 0 aliphatic rings. The van der Waals surface area contributed by atoms with E-state index in [1.165, 1.54) is 51.4 Å². The van der Waals surface area contributed by atoms with Crippen LogP contribution in [0, 0.1) is 0 Å². The van der Waals surface area contributed by atoms with E-state index in [2.05, 4.69) is 38.2 Å². The lowest BCUT2D eigenvalue weighted by molar-refractivity contribution is -0.138. The molecule has 0 amide bonds. The number of unbranched alkanes of at least 4 members (excludes halogenated alkanes) is 16. The molecule has 0 radical (unpaired) electrons. The molecular weight excluding hydrogens is 528 g/mol. The molecule has 0 heterocycles. The highest BCUT2D eigenvalue weighted by Crippen LogP contribution is 2.12. The Morgan fingerprint density at radius 3 is 1.17 bits per heavy atom. The fourth-order valence-electron chi connectivity index (χ4n) is 4.73. The van der Waals surface area contributed by atoms with Gasteiger partial charge in [0.25, 0.3) is 0 Å². The first-order chi connectivity index (χ1) is 20.3. The number of aliphatic carboxylic acids is 2. The lowest BCUT2D eigenvalue weighted by Gasteiger charge is -2.07. The second-order valence-corrected chi connectivity index (χ2v) is 11.8. The molecule has 0 aromatic rings. The number of carboxylic acids is 2. The molecule has 0 saturated heterocycles. The van der Waals surface area contributed by atoms with E-state index in [4.69, 9.17) is 10.2 Å². The first-order valence-electron chi connectivity index (χ1n) is 17.4. The number of aliphatic hydroxyl groups excluding tert-OH is 2. The van der Waals surface area contributed by atoms with Crippen molar-refractivity contribution in [1.29, 1.82) is 0 Å². The van der Waals surface area contributed by atoms with E-state index < -0.39 is 11.9 Å². The van der Waals surface area contributed by atoms with E-state index >= 15 is 0 Å². The highest BCUT2D eigenvalue weighted by molar-refractivity contribution is 5.66. The van der Waals surface area contributed by atoms with Crippen LogP contribution in [-0.2, 0) is 9.59 Å². The molecule has 0 rings (SSSR count). The van der Waals surface area contributed by atoms with Gasteiger partial charge in [0, 0.05) is 12.8 Å². The van der Waals surface area contributed by atoms with Crippen LogP contribution < -0.4 is 0 Å². The van der Waals surface area contributed by atoms with Gasteiger partial charge < -0.3 is 20.4 Å². The number of hydrogen-bond donors (Lipinski definition) is 4. The van der Waals surface area contributed by atoms with Crippen LogP contribution in [0.5, 0.6) is 0 Å². The monoisotopic (exact) mass is 597 g/mol. The molecule has 2 atom stereocenters. The first-order valence-corrected chi connectivity index (χ1v) is 17.4. The minimum absolute atomic E-state index is 0.172. The summed E-state index contributed by atoms with van der Waals surface area (Å²) in [5, 5.41) is 36.6. The van der Waals surface area contributed by atoms with Crippen LogP contribution in [0.1, 0.15) is 181 Å². The summed E-state index contributed by atoms with van der Waals surface area (Å²) in [5.41, 5.74) is 0. The molecule has 0 bridgehead atoms. The molecule has 4 N–H and O–H groups in total. The second kappa shape index (κ2) is 35.5. The molecule has 0 fully saturated rings. The highest BCUT2D eigenvalue weighted by Gasteiger charge is 2.02. The van der Waals surface area contributed by atoms with Crippen molar-refractivity contribution in [2.75, 3.05) is 0 Å². The van der Waals surface area contributed by atoms with Gasteiger partial charge in [0.05, 0.1) is 12.2 Å². The SMILES string of the molecule is CCCCCCC(O)CC=CCCCCCCCC(=O)O.CCCCCC[C@@H](O)CC=CCCCCCCCC(=O)O. The van der Waals surface area contributed by atoms with Crippen LogP contribution >= 0.6 is 0 Å². The molecule has 6 nitrogen and oxygen atoms in total. The van der Waals surface area contributed by atoms with Gasteiger partial charge in [0.1, 0.15) is 0 Å². The van der Waals surface area contributed by atoms with Gasteiger partial charge in [0.15, 0.2) is 0 Å². The maximum atomic E-state index is 10.3. The van der Waals surface area contributed by atoms with Crippen molar-refractivity contribution in [2.24, 2.45) is 0 Å². The summed E-state index contributed by atoms with van der Waals surface area (Å²) in [6, 6.07) is 0. The van der Waals surface area contributed by atoms with Crippen molar-refractivity contribution < 1.29 is 30.0 Å². The normalized spacial score (nSPS) is 12.9. The maximum absolute atomic E-state index is 10.3. The predicted octanol–water partition coefficient (Wildman–Crippen LogP) is 10.2. The van der Waals surface area contributed by atoms with Crippen LogP contribution in [0.25, 0.3) is 0 Å². The molecule has 0 aliphatic carbocycles. The van der Waals surface area contributed by atoms with E-state index in [1.54, 1.807) is 0 Å². The fraction of sp³-hybridized carbons (Fsp3) is 0.833. The van der Waals surface area contributed by atoms with Crippen molar-refractivity contribution in [3.8, 4) is 0 Å². The summed E-state index contributed by atoms with van der Waals surface area (Å²) in [7, 11) is 0. The summed E-state index contributed by atoms with van der Waals surface area (Å²) < 4.78 is 0. The topological polar surface area (TPSA) is 115 Å². The summed E-state index contributed by atoms with van der Waals surface area (Å²) in [5.74, 6) is -1.38. The molecule has 42 heavy (non-hydrogen) atoms. The third kappa shape index (κ3) is 40.5. The van der Waals surface area contributed by atoms with Gasteiger partial charge in [-0.15, -0.1) is 0 Å². The Balaban J connectivity index is 0. The smallest absolute Gasteiger partial charge is 0.303 e. The number of rotatable bonds is 30. The van der Waals surface area contributed by atoms with Crippen molar-refractivity contribution in [3.63, 3.8) is 0 Å². The van der Waals surface area contributed by atoms with Crippen LogP contribution in [0.4, 0.5) is 0 Å². The number of allylic oxidation sites excluding steroid dienone is 2. The van der Waals surface area contributed by atoms with E-state index in [1.807, 2.05) is 0 Å². The largest absolute Gasteiger partial charge is 0.481 e. The number of carboxylic acid groups (broad SMARTS) is 2. The Morgan fingerprint density at radius 1 is 0.476 bits per heavy atom. The minimum Gasteiger partial charge on any atom is -0.481 e. The first kappa shape index (κ1) is 42.5. The molecular formula is C36H68O6. The van der Waals surface area contributed by atoms with Crippen LogP contribution in [-0.4, -0.2) is 44.6 Å². The van der Waals surface area contributed by atoms with Gasteiger partial charge >= 0.3 is 11.9 Å². The third-order valence-electron chi connectivity index (χ3n) is 7.45. The molecule has 1 unspecified atom stereocenters. The van der Waals surface area contributed by atoms with Gasteiger partial charge in [-0.1, -0.05) is 128 Å². The van der Waals surface area contributed by atoms with E-state index in [0.717, 1.165) is 103 Å². The van der Waals surface area contributed by atoms with Gasteiger partial charge in [-0.3, -0.25) is 9.59 Å². The summed E-state index contributed by atoms with van der Waals surface area (Å²) in [6.07, 6.45) is 34.7. The Kier molecular flexibility index (Phi) is 35.9. The quantitative estimate of drug-likeness (QED) is 0.0484. The number of hydrogen-bond acceptors (Lipinski definition) is 4. The third-order valence-corrected chi connectivity index (χ3v) is 7.45. The summed E-state index contributed by atoms with van der Waals surface area (Å²) in [4.78, 5) is 20.7. The maximum Gasteiger partial charge on any atom is 0.303 e. The Labute approximate surface area is 259 Å². The van der Waals surface area contributed by atoms with Crippen molar-refractivity contribution >= 4 is 11.9 Å². The second-order valence-electron chi connectivity index (χ2n) is 11.8. The van der Waals surface area contributed by atoms with Crippen molar-refractivity contribution in [3.05, 3.63) is 24.3 Å². The molecule has 0 aromatic heterocycles. The Morgan fingerprint density at radius 2 is 0.810 bits per heavy atom. The zero-order valence-corrected chi connectivity index (χ0v) is 27.5. The molecule has 0 aliphatic heterocycles. The molecule has 0 aromatic carbocycles. The van der Waals surface area contributed by atoms with E-state index in [0.29, 0.717) is 12.8 Å². The summed E-state index contributed by atoms with van der Waals surface area (Å²) >= 11 is 0. The Bertz CT molecular complexity index is 576. The van der Waals surface area contributed by atoms with Crippen LogP contribution in [0.3, 0.4) is 0 Å². The van der Waals surface area contributed by atoms with Gasteiger partial charge in [0.2, 0.25) is 0 Å². The standard InChI is InChI=1S/2C18H34O3/c2*1-2-3-4-11-14-17(19)15-12-9-7-5-6-8-10-13-16-18(20)21/h2*9,12,17,19H,2-8,10-11,13-16H2,1H3,(H,20,21)/t17-;/m1./s1. The number of carbonyl (C=O) groups is 2. The van der Waals surface area contributed by atoms with E-state index in [9.17, 15) is 19.8 Å². The Hall–Kier alpha value is -1.66. The van der Waals surface area contributed by atoms with Crippen LogP contribution in [0.2, 0.25) is 0 Å². The lowest BCUT2D eigenvalue weighted by Crippen LogP contribution is -2.04. The molecule has 0 saturated carbocycles. The fourth-order valence-corrected chi connectivity index (χ4v) is 4.73. The lowest BCUT2D eigenvalue weighted by atomic mass is 10.1. The minimum atomic E-state index is -0.689. The predicted molar refractivity (Wildman–Crippen MR) is 177 cm³/mol. The van der Waals surface area contributed by atoms with Gasteiger partial charge in [-0.05, 0) is 64.2 Å². The van der Waals surface area contributed by atoms with Crippen molar-refractivity contribution in [2.45, 2.75) is 193 Å². The average Bonchev–Trinajstić information content (AvgIpc) is 2.95. The zero-order valence-electron chi connectivity index (χ0n) is 27.5. The van der Waals surface area contributed by atoms with E-state index in [-0.39, 0.29) is 12.2 Å². The summed E-state index contributed by atoms with van der Waals surface area (Å²) in [6.45, 7) is 4.40. The molecule has 6 heteroatoms. The zero-order chi connectivity index (χ0) is 31.5. The highest BCUT2D eigenvalue weighted by atomic mass is 16.4. The van der Waals surface area contributed by atoms with Crippen molar-refractivity contribution in [1.82, 2.24) is 0 Å².